The lowest BCUT2D eigenvalue weighted by Crippen LogP contribution is -2.43. The van der Waals surface area contributed by atoms with Crippen LogP contribution in [0.5, 0.6) is 11.5 Å². The minimum absolute atomic E-state index is 0.0296. The Kier molecular flexibility index (Phi) is 6.40. The standard InChI is InChI=1S/C17H21F3N2O5/c1-10(27-14-6-4-3-5-13(14)26-2)7-21-16(25)22-8-11(15(23)24)12(9-22)17(18,19)20/h3-6,10-12H,7-9H2,1-2H3,(H,21,25)(H,23,24)/t10?,11-,12-/m1/s1. The molecule has 1 saturated heterocycles. The van der Waals surface area contributed by atoms with Crippen molar-refractivity contribution in [1.82, 2.24) is 10.2 Å². The van der Waals surface area contributed by atoms with Crippen LogP contribution in [0.15, 0.2) is 24.3 Å². The molecular formula is C17H21F3N2O5. The van der Waals surface area contributed by atoms with Crippen molar-refractivity contribution in [3.05, 3.63) is 24.3 Å². The van der Waals surface area contributed by atoms with Gasteiger partial charge in [-0.3, -0.25) is 4.79 Å². The number of benzene rings is 1. The van der Waals surface area contributed by atoms with E-state index in [2.05, 4.69) is 5.32 Å². The topological polar surface area (TPSA) is 88.1 Å². The van der Waals surface area contributed by atoms with Crippen LogP contribution in [-0.4, -0.2) is 61.0 Å². The molecule has 7 nitrogen and oxygen atoms in total. The van der Waals surface area contributed by atoms with E-state index in [9.17, 15) is 22.8 Å². The number of nitrogens with one attached hydrogen (secondary N) is 1. The molecule has 2 amide bonds. The Bertz CT molecular complexity index is 683. The molecule has 2 N–H and O–H groups in total. The third-order valence-corrected chi connectivity index (χ3v) is 4.28. The summed E-state index contributed by atoms with van der Waals surface area (Å²) in [6.07, 6.45) is -5.17. The van der Waals surface area contributed by atoms with E-state index in [1.807, 2.05) is 0 Å². The van der Waals surface area contributed by atoms with Gasteiger partial charge in [0.25, 0.3) is 0 Å². The average Bonchev–Trinajstić information content (AvgIpc) is 3.06. The highest BCUT2D eigenvalue weighted by molar-refractivity contribution is 5.77. The third kappa shape index (κ3) is 5.18. The maximum atomic E-state index is 13.0. The number of aliphatic carboxylic acids is 1. The van der Waals surface area contributed by atoms with E-state index in [0.717, 1.165) is 4.90 Å². The van der Waals surface area contributed by atoms with Gasteiger partial charge in [0.05, 0.1) is 25.5 Å². The predicted molar refractivity (Wildman–Crippen MR) is 88.7 cm³/mol. The van der Waals surface area contributed by atoms with Gasteiger partial charge in [-0.25, -0.2) is 4.79 Å². The van der Waals surface area contributed by atoms with Gasteiger partial charge in [-0.2, -0.15) is 13.2 Å². The molecule has 0 saturated carbocycles. The number of amides is 2. The quantitative estimate of drug-likeness (QED) is 0.779. The predicted octanol–water partition coefficient (Wildman–Crippen LogP) is 2.37. The number of urea groups is 1. The summed E-state index contributed by atoms with van der Waals surface area (Å²) in [5.74, 6) is -4.35. The minimum Gasteiger partial charge on any atom is -0.493 e. The van der Waals surface area contributed by atoms with Crippen molar-refractivity contribution < 1.29 is 37.3 Å². The second kappa shape index (κ2) is 8.36. The molecule has 3 atom stereocenters. The number of ether oxygens (including phenoxy) is 2. The molecule has 1 aromatic carbocycles. The van der Waals surface area contributed by atoms with Crippen LogP contribution in [-0.2, 0) is 4.79 Å². The highest BCUT2D eigenvalue weighted by atomic mass is 19.4. The minimum atomic E-state index is -4.68. The fraction of sp³-hybridized carbons (Fsp3) is 0.529. The number of halogens is 3. The van der Waals surface area contributed by atoms with Crippen LogP contribution < -0.4 is 14.8 Å². The molecule has 10 heteroatoms. The Morgan fingerprint density at radius 2 is 1.93 bits per heavy atom. The van der Waals surface area contributed by atoms with Crippen molar-refractivity contribution in [2.75, 3.05) is 26.7 Å². The molecule has 1 aliphatic rings. The van der Waals surface area contributed by atoms with Crippen LogP contribution >= 0.6 is 0 Å². The van der Waals surface area contributed by atoms with Gasteiger partial charge < -0.3 is 24.8 Å². The first kappa shape index (κ1) is 20.7. The van der Waals surface area contributed by atoms with E-state index >= 15 is 0 Å². The van der Waals surface area contributed by atoms with Crippen LogP contribution in [0.1, 0.15) is 6.92 Å². The SMILES string of the molecule is COc1ccccc1OC(C)CNC(=O)N1C[C@@H](C(F)(F)F)[C@H](C(=O)O)C1. The first-order valence-electron chi connectivity index (χ1n) is 8.25. The smallest absolute Gasteiger partial charge is 0.394 e. The largest absolute Gasteiger partial charge is 0.493 e. The number of carbonyl (C=O) groups is 2. The number of carbonyl (C=O) groups excluding carboxylic acids is 1. The number of rotatable bonds is 6. The van der Waals surface area contributed by atoms with Gasteiger partial charge in [-0.05, 0) is 19.1 Å². The highest BCUT2D eigenvalue weighted by Crippen LogP contribution is 2.37. The van der Waals surface area contributed by atoms with Crippen LogP contribution in [0.25, 0.3) is 0 Å². The number of para-hydroxylation sites is 2. The van der Waals surface area contributed by atoms with E-state index in [1.54, 1.807) is 31.2 Å². The van der Waals surface area contributed by atoms with E-state index in [-0.39, 0.29) is 6.54 Å². The Hall–Kier alpha value is -2.65. The summed E-state index contributed by atoms with van der Waals surface area (Å²) >= 11 is 0. The third-order valence-electron chi connectivity index (χ3n) is 4.28. The lowest BCUT2D eigenvalue weighted by Gasteiger charge is -2.21. The molecule has 27 heavy (non-hydrogen) atoms. The summed E-state index contributed by atoms with van der Waals surface area (Å²) in [5, 5.41) is 11.5. The van der Waals surface area contributed by atoms with Crippen LogP contribution in [0.3, 0.4) is 0 Å². The maximum absolute atomic E-state index is 13.0. The van der Waals surface area contributed by atoms with Crippen molar-refractivity contribution >= 4 is 12.0 Å². The Morgan fingerprint density at radius 1 is 1.30 bits per heavy atom. The molecule has 0 radical (unpaired) electrons. The first-order chi connectivity index (χ1) is 12.6. The molecule has 1 fully saturated rings. The molecule has 0 spiro atoms. The Morgan fingerprint density at radius 3 is 2.44 bits per heavy atom. The second-order valence-corrected chi connectivity index (χ2v) is 6.26. The zero-order valence-electron chi connectivity index (χ0n) is 14.8. The van der Waals surface area contributed by atoms with Gasteiger partial charge in [0.2, 0.25) is 0 Å². The monoisotopic (exact) mass is 390 g/mol. The summed E-state index contributed by atoms with van der Waals surface area (Å²) in [6, 6.07) is 6.14. The van der Waals surface area contributed by atoms with E-state index in [4.69, 9.17) is 14.6 Å². The van der Waals surface area contributed by atoms with Gasteiger partial charge in [-0.15, -0.1) is 0 Å². The Labute approximate surface area is 154 Å². The lowest BCUT2D eigenvalue weighted by atomic mass is 9.96. The van der Waals surface area contributed by atoms with E-state index < -0.39 is 49.2 Å². The number of carboxylic acids is 1. The van der Waals surface area contributed by atoms with Gasteiger partial charge >= 0.3 is 18.2 Å². The average molecular weight is 390 g/mol. The van der Waals surface area contributed by atoms with Crippen molar-refractivity contribution in [3.8, 4) is 11.5 Å². The summed E-state index contributed by atoms with van der Waals surface area (Å²) in [6.45, 7) is 0.526. The fourth-order valence-electron chi connectivity index (χ4n) is 2.87. The molecule has 0 aromatic heterocycles. The molecule has 0 bridgehead atoms. The van der Waals surface area contributed by atoms with E-state index in [1.165, 1.54) is 7.11 Å². The molecule has 1 heterocycles. The lowest BCUT2D eigenvalue weighted by molar-refractivity contribution is -0.187. The summed E-state index contributed by atoms with van der Waals surface area (Å²) in [5.41, 5.74) is 0. The van der Waals surface area contributed by atoms with Crippen molar-refractivity contribution in [3.63, 3.8) is 0 Å². The molecule has 1 aromatic rings. The summed E-state index contributed by atoms with van der Waals surface area (Å²) in [4.78, 5) is 24.1. The Balaban J connectivity index is 1.91. The summed E-state index contributed by atoms with van der Waals surface area (Å²) < 4.78 is 49.7. The fourth-order valence-corrected chi connectivity index (χ4v) is 2.87. The molecule has 1 aliphatic heterocycles. The summed E-state index contributed by atoms with van der Waals surface area (Å²) in [7, 11) is 1.48. The highest BCUT2D eigenvalue weighted by Gasteiger charge is 2.53. The molecule has 150 valence electrons. The normalized spacial score (nSPS) is 20.9. The van der Waals surface area contributed by atoms with Crippen molar-refractivity contribution in [2.45, 2.75) is 19.2 Å². The number of nitrogens with zero attached hydrogens (tertiary/aromatic N) is 1. The van der Waals surface area contributed by atoms with Gasteiger partial charge in [0, 0.05) is 13.1 Å². The number of carboxylic acid groups (broad SMARTS) is 1. The zero-order valence-corrected chi connectivity index (χ0v) is 14.8. The van der Waals surface area contributed by atoms with Gasteiger partial charge in [0.15, 0.2) is 11.5 Å². The van der Waals surface area contributed by atoms with Crippen LogP contribution in [0.4, 0.5) is 18.0 Å². The van der Waals surface area contributed by atoms with E-state index in [0.29, 0.717) is 11.5 Å². The number of alkyl halides is 3. The van der Waals surface area contributed by atoms with Crippen LogP contribution in [0.2, 0.25) is 0 Å². The number of likely N-dealkylation sites (tertiary alicyclic amines) is 1. The van der Waals surface area contributed by atoms with Gasteiger partial charge in [0.1, 0.15) is 6.10 Å². The maximum Gasteiger partial charge on any atom is 0.394 e. The van der Waals surface area contributed by atoms with Crippen molar-refractivity contribution in [2.24, 2.45) is 11.8 Å². The van der Waals surface area contributed by atoms with Crippen molar-refractivity contribution in [1.29, 1.82) is 0 Å². The van der Waals surface area contributed by atoms with Gasteiger partial charge in [-0.1, -0.05) is 12.1 Å². The first-order valence-corrected chi connectivity index (χ1v) is 8.25. The zero-order chi connectivity index (χ0) is 20.2. The number of methoxy groups -OCH3 is 1. The second-order valence-electron chi connectivity index (χ2n) is 6.26. The van der Waals surface area contributed by atoms with Crippen LogP contribution in [0, 0.1) is 11.8 Å². The molecule has 2 rings (SSSR count). The molecule has 0 aliphatic carbocycles. The molecular weight excluding hydrogens is 369 g/mol. The molecule has 1 unspecified atom stereocenters. The number of hydrogen-bond donors (Lipinski definition) is 2. The number of hydrogen-bond acceptors (Lipinski definition) is 4.